The van der Waals surface area contributed by atoms with Crippen molar-refractivity contribution in [3.05, 3.63) is 23.8 Å². The summed E-state index contributed by atoms with van der Waals surface area (Å²) < 4.78 is 10.7. The lowest BCUT2D eigenvalue weighted by atomic mass is 10.1. The second-order valence-electron chi connectivity index (χ2n) is 5.09. The second-order valence-corrected chi connectivity index (χ2v) is 6.61. The predicted octanol–water partition coefficient (Wildman–Crippen LogP) is 3.47. The van der Waals surface area contributed by atoms with Crippen LogP contribution in [-0.2, 0) is 6.54 Å². The summed E-state index contributed by atoms with van der Waals surface area (Å²) in [6, 6.07) is 6.66. The number of rotatable bonds is 7. The molecule has 1 aliphatic rings. The van der Waals surface area contributed by atoms with Gasteiger partial charge in [-0.3, -0.25) is 0 Å². The Hall–Kier alpha value is -0.870. The first-order chi connectivity index (χ1) is 9.78. The number of hydrogen-bond acceptors (Lipinski definition) is 4. The molecule has 0 bridgehead atoms. The summed E-state index contributed by atoms with van der Waals surface area (Å²) in [5.74, 6) is 2.94. The molecule has 4 heteroatoms. The van der Waals surface area contributed by atoms with Gasteiger partial charge in [-0.25, -0.2) is 0 Å². The van der Waals surface area contributed by atoms with Crippen LogP contribution in [-0.4, -0.2) is 31.3 Å². The Morgan fingerprint density at radius 3 is 2.80 bits per heavy atom. The van der Waals surface area contributed by atoms with Crippen molar-refractivity contribution < 1.29 is 9.47 Å². The number of thioether (sulfide) groups is 1. The van der Waals surface area contributed by atoms with Crippen molar-refractivity contribution in [1.29, 1.82) is 0 Å². The average Bonchev–Trinajstić information content (AvgIpc) is 2.92. The molecule has 0 spiro atoms. The molecule has 0 radical (unpaired) electrons. The lowest BCUT2D eigenvalue weighted by molar-refractivity contribution is 0.388. The highest BCUT2D eigenvalue weighted by Crippen LogP contribution is 2.31. The van der Waals surface area contributed by atoms with Crippen LogP contribution in [0.5, 0.6) is 11.5 Å². The van der Waals surface area contributed by atoms with Crippen molar-refractivity contribution in [3.63, 3.8) is 0 Å². The summed E-state index contributed by atoms with van der Waals surface area (Å²) in [5, 5.41) is 4.47. The maximum atomic E-state index is 5.45. The number of hydrogen-bond donors (Lipinski definition) is 1. The minimum Gasteiger partial charge on any atom is -0.497 e. The molecule has 2 unspecified atom stereocenters. The Bertz CT molecular complexity index is 425. The van der Waals surface area contributed by atoms with Crippen LogP contribution in [0.4, 0.5) is 0 Å². The van der Waals surface area contributed by atoms with Gasteiger partial charge in [0.1, 0.15) is 11.5 Å². The van der Waals surface area contributed by atoms with E-state index >= 15 is 0 Å². The highest BCUT2D eigenvalue weighted by molar-refractivity contribution is 7.99. The van der Waals surface area contributed by atoms with Crippen LogP contribution in [0.25, 0.3) is 0 Å². The van der Waals surface area contributed by atoms with Gasteiger partial charge in [0.2, 0.25) is 0 Å². The Morgan fingerprint density at radius 1 is 1.25 bits per heavy atom. The molecule has 1 saturated carbocycles. The van der Waals surface area contributed by atoms with Gasteiger partial charge in [0.15, 0.2) is 0 Å². The number of nitrogens with one attached hydrogen (secondary N) is 1. The first-order valence-corrected chi connectivity index (χ1v) is 8.39. The summed E-state index contributed by atoms with van der Waals surface area (Å²) in [7, 11) is 3.39. The molecular formula is C16H25NO2S. The normalized spacial score (nSPS) is 21.9. The third-order valence-corrected chi connectivity index (χ3v) is 5.21. The summed E-state index contributed by atoms with van der Waals surface area (Å²) in [4.78, 5) is 0. The quantitative estimate of drug-likeness (QED) is 0.834. The maximum Gasteiger partial charge on any atom is 0.127 e. The van der Waals surface area contributed by atoms with Crippen LogP contribution in [0, 0.1) is 0 Å². The molecule has 1 aromatic carbocycles. The molecule has 0 amide bonds. The largest absolute Gasteiger partial charge is 0.497 e. The molecule has 1 aliphatic carbocycles. The Balaban J connectivity index is 1.96. The molecule has 20 heavy (non-hydrogen) atoms. The molecule has 3 nitrogen and oxygen atoms in total. The lowest BCUT2D eigenvalue weighted by Gasteiger charge is -2.21. The van der Waals surface area contributed by atoms with E-state index in [2.05, 4.69) is 30.1 Å². The molecule has 0 heterocycles. The standard InChI is InChI=1S/C16H25NO2S/c1-4-20-16-7-5-6-14(16)17-11-12-8-9-13(18-2)10-15(12)19-3/h8-10,14,16-17H,4-7,11H2,1-3H3. The van der Waals surface area contributed by atoms with Crippen molar-refractivity contribution in [2.45, 2.75) is 44.0 Å². The van der Waals surface area contributed by atoms with Crippen molar-refractivity contribution in [2.75, 3.05) is 20.0 Å². The van der Waals surface area contributed by atoms with E-state index in [-0.39, 0.29) is 0 Å². The number of methoxy groups -OCH3 is 2. The highest BCUT2D eigenvalue weighted by atomic mass is 32.2. The third-order valence-electron chi connectivity index (χ3n) is 3.88. The molecule has 1 N–H and O–H groups in total. The fourth-order valence-corrected chi connectivity index (χ4v) is 4.04. The first-order valence-electron chi connectivity index (χ1n) is 7.34. The summed E-state index contributed by atoms with van der Waals surface area (Å²) >= 11 is 2.08. The van der Waals surface area contributed by atoms with Crippen LogP contribution < -0.4 is 14.8 Å². The van der Waals surface area contributed by atoms with Gasteiger partial charge >= 0.3 is 0 Å². The maximum absolute atomic E-state index is 5.45. The monoisotopic (exact) mass is 295 g/mol. The SMILES string of the molecule is CCSC1CCCC1NCc1ccc(OC)cc1OC. The van der Waals surface area contributed by atoms with Crippen LogP contribution >= 0.6 is 11.8 Å². The van der Waals surface area contributed by atoms with E-state index in [9.17, 15) is 0 Å². The molecular weight excluding hydrogens is 270 g/mol. The summed E-state index contributed by atoms with van der Waals surface area (Å²) in [6.45, 7) is 3.10. The molecule has 112 valence electrons. The zero-order chi connectivity index (χ0) is 14.4. The minimum atomic E-state index is 0.631. The first kappa shape index (κ1) is 15.5. The Kier molecular flexibility index (Phi) is 6.05. The summed E-state index contributed by atoms with van der Waals surface area (Å²) in [5.41, 5.74) is 1.19. The van der Waals surface area contributed by atoms with E-state index < -0.39 is 0 Å². The van der Waals surface area contributed by atoms with Gasteiger partial charge in [-0.2, -0.15) is 11.8 Å². The minimum absolute atomic E-state index is 0.631. The molecule has 2 atom stereocenters. The lowest BCUT2D eigenvalue weighted by Crippen LogP contribution is -2.33. The van der Waals surface area contributed by atoms with Crippen molar-refractivity contribution in [2.24, 2.45) is 0 Å². The molecule has 0 aromatic heterocycles. The average molecular weight is 295 g/mol. The van der Waals surface area contributed by atoms with Crippen LogP contribution in [0.2, 0.25) is 0 Å². The van der Waals surface area contributed by atoms with Crippen LogP contribution in [0.15, 0.2) is 18.2 Å². The zero-order valence-corrected chi connectivity index (χ0v) is 13.5. The molecule has 0 saturated heterocycles. The molecule has 0 aliphatic heterocycles. The van der Waals surface area contributed by atoms with Gasteiger partial charge in [-0.05, 0) is 24.7 Å². The molecule has 1 fully saturated rings. The number of ether oxygens (including phenoxy) is 2. The van der Waals surface area contributed by atoms with E-state index in [0.717, 1.165) is 23.3 Å². The van der Waals surface area contributed by atoms with Crippen molar-refractivity contribution in [3.8, 4) is 11.5 Å². The van der Waals surface area contributed by atoms with E-state index in [1.54, 1.807) is 14.2 Å². The van der Waals surface area contributed by atoms with Gasteiger partial charge in [0.25, 0.3) is 0 Å². The van der Waals surface area contributed by atoms with Crippen molar-refractivity contribution >= 4 is 11.8 Å². The van der Waals surface area contributed by atoms with Gasteiger partial charge in [0.05, 0.1) is 14.2 Å². The Morgan fingerprint density at radius 2 is 2.10 bits per heavy atom. The van der Waals surface area contributed by atoms with Crippen LogP contribution in [0.3, 0.4) is 0 Å². The van der Waals surface area contributed by atoms with E-state index in [1.165, 1.54) is 30.6 Å². The van der Waals surface area contributed by atoms with Gasteiger partial charge in [0, 0.05) is 29.5 Å². The van der Waals surface area contributed by atoms with Gasteiger partial charge in [-0.15, -0.1) is 0 Å². The van der Waals surface area contributed by atoms with Crippen LogP contribution in [0.1, 0.15) is 31.7 Å². The van der Waals surface area contributed by atoms with E-state index in [4.69, 9.17) is 9.47 Å². The fraction of sp³-hybridized carbons (Fsp3) is 0.625. The topological polar surface area (TPSA) is 30.5 Å². The second kappa shape index (κ2) is 7.79. The highest BCUT2D eigenvalue weighted by Gasteiger charge is 2.26. The molecule has 1 aromatic rings. The van der Waals surface area contributed by atoms with E-state index in [0.29, 0.717) is 6.04 Å². The van der Waals surface area contributed by atoms with E-state index in [1.807, 2.05) is 12.1 Å². The third kappa shape index (κ3) is 3.83. The van der Waals surface area contributed by atoms with Gasteiger partial charge in [-0.1, -0.05) is 19.4 Å². The summed E-state index contributed by atoms with van der Waals surface area (Å²) in [6.07, 6.45) is 3.97. The van der Waals surface area contributed by atoms with Crippen molar-refractivity contribution in [1.82, 2.24) is 5.32 Å². The van der Waals surface area contributed by atoms with Gasteiger partial charge < -0.3 is 14.8 Å². The fourth-order valence-electron chi connectivity index (χ4n) is 2.81. The zero-order valence-electron chi connectivity index (χ0n) is 12.6. The molecule has 2 rings (SSSR count). The number of benzene rings is 1. The smallest absolute Gasteiger partial charge is 0.127 e. The Labute approximate surface area is 126 Å². The predicted molar refractivity (Wildman–Crippen MR) is 85.9 cm³/mol.